The summed E-state index contributed by atoms with van der Waals surface area (Å²) in [4.78, 5) is 9.75. The summed E-state index contributed by atoms with van der Waals surface area (Å²) in [7, 11) is 0. The monoisotopic (exact) mass is 661 g/mol. The highest BCUT2D eigenvalue weighted by Crippen LogP contribution is 2.43. The van der Waals surface area contributed by atoms with E-state index < -0.39 is 0 Å². The molecule has 2 aromatic heterocycles. The van der Waals surface area contributed by atoms with E-state index >= 15 is 0 Å². The number of rotatable bonds is 4. The predicted molar refractivity (Wildman–Crippen MR) is 215 cm³/mol. The first-order valence-corrected chi connectivity index (χ1v) is 17.8. The molecule has 248 valence electrons. The molecule has 0 saturated heterocycles. The summed E-state index contributed by atoms with van der Waals surface area (Å²) >= 11 is 0. The van der Waals surface area contributed by atoms with Gasteiger partial charge >= 0.3 is 6.85 Å². The van der Waals surface area contributed by atoms with Crippen LogP contribution in [0.2, 0.25) is 0 Å². The molecule has 0 N–H and O–H groups in total. The number of benzene rings is 5. The number of pyridine rings is 1. The Labute approximate surface area is 300 Å². The van der Waals surface area contributed by atoms with Crippen LogP contribution in [0.5, 0.6) is 11.5 Å². The molecule has 2 aliphatic heterocycles. The molecule has 2 aliphatic rings. The molecule has 0 radical (unpaired) electrons. The molecule has 0 fully saturated rings. The molecule has 0 bridgehead atoms. The average molecular weight is 662 g/mol. The lowest BCUT2D eigenvalue weighted by Gasteiger charge is -2.24. The molecule has 0 unspecified atom stereocenters. The standard InChI is InChI=1S/C46H40BN3O/c1-45(2,3)31-23-30(41-16-11-12-21-48-41)24-32(26-31)51-33-27-37-35-14-8-10-17-42(35)50-43-25-29(34-13-7-9-15-38(34)46(4,5)6)18-19-36(43)39-20-22-49-47(39)40(28-33)44(37)50/h7-28H,1-6H3. The minimum atomic E-state index is -0.141. The summed E-state index contributed by atoms with van der Waals surface area (Å²) in [6.07, 6.45) is 6.00. The minimum Gasteiger partial charge on any atom is -0.457 e. The molecule has 0 spiro atoms. The Morgan fingerprint density at radius 1 is 0.647 bits per heavy atom. The first-order valence-electron chi connectivity index (χ1n) is 17.8. The largest absolute Gasteiger partial charge is 0.457 e. The number of ether oxygens (including phenoxy) is 1. The normalized spacial score (nSPS) is 13.7. The molecule has 7 aromatic rings. The second-order valence-corrected chi connectivity index (χ2v) is 15.9. The van der Waals surface area contributed by atoms with Crippen molar-refractivity contribution in [1.29, 1.82) is 0 Å². The van der Waals surface area contributed by atoms with Crippen molar-refractivity contribution in [3.05, 3.63) is 144 Å². The molecular weight excluding hydrogens is 621 g/mol. The van der Waals surface area contributed by atoms with Crippen LogP contribution in [0.3, 0.4) is 0 Å². The SMILES string of the molecule is CC(C)(C)c1cc(Oc2cc3c4c(c2)c2ccccc2n4-c2cc(-c4ccccc4C(C)(C)C)ccc2C2=CC=NB23)cc(-c2ccccn2)c1. The van der Waals surface area contributed by atoms with Crippen LogP contribution in [0.4, 0.5) is 0 Å². The van der Waals surface area contributed by atoms with Crippen molar-refractivity contribution in [2.45, 2.75) is 52.4 Å². The number of nitrogens with zero attached hydrogens (tertiary/aromatic N) is 3. The fourth-order valence-corrected chi connectivity index (χ4v) is 7.91. The van der Waals surface area contributed by atoms with Crippen LogP contribution in [0.25, 0.3) is 55.3 Å². The Morgan fingerprint density at radius 3 is 2.24 bits per heavy atom. The molecule has 0 saturated carbocycles. The van der Waals surface area contributed by atoms with Gasteiger partial charge in [0.2, 0.25) is 0 Å². The molecule has 9 rings (SSSR count). The second-order valence-electron chi connectivity index (χ2n) is 15.9. The lowest BCUT2D eigenvalue weighted by Crippen LogP contribution is -2.29. The van der Waals surface area contributed by atoms with Gasteiger partial charge in [0.1, 0.15) is 11.5 Å². The molecule has 4 heterocycles. The maximum Gasteiger partial charge on any atom is 0.347 e. The first-order chi connectivity index (χ1) is 24.5. The van der Waals surface area contributed by atoms with E-state index in [0.29, 0.717) is 0 Å². The molecular formula is C46H40BN3O. The summed E-state index contributed by atoms with van der Waals surface area (Å²) in [5.41, 5.74) is 14.0. The van der Waals surface area contributed by atoms with Gasteiger partial charge in [-0.1, -0.05) is 102 Å². The van der Waals surface area contributed by atoms with Gasteiger partial charge in [-0.3, -0.25) is 4.98 Å². The summed E-state index contributed by atoms with van der Waals surface area (Å²) in [5, 5.41) is 2.35. The van der Waals surface area contributed by atoms with Crippen molar-refractivity contribution >= 4 is 45.8 Å². The van der Waals surface area contributed by atoms with E-state index in [1.54, 1.807) is 0 Å². The van der Waals surface area contributed by atoms with Crippen molar-refractivity contribution in [3.8, 4) is 39.6 Å². The fraction of sp³-hybridized carbons (Fsp3) is 0.174. The van der Waals surface area contributed by atoms with Crippen molar-refractivity contribution in [3.63, 3.8) is 0 Å². The van der Waals surface area contributed by atoms with E-state index in [9.17, 15) is 0 Å². The zero-order valence-electron chi connectivity index (χ0n) is 30.0. The molecule has 5 heteroatoms. The molecule has 5 aromatic carbocycles. The lowest BCUT2D eigenvalue weighted by molar-refractivity contribution is 0.480. The predicted octanol–water partition coefficient (Wildman–Crippen LogP) is 11.1. The van der Waals surface area contributed by atoms with Crippen LogP contribution in [-0.2, 0) is 10.8 Å². The van der Waals surface area contributed by atoms with Crippen molar-refractivity contribution < 1.29 is 4.74 Å². The number of fused-ring (bicyclic) bond motifs is 8. The summed E-state index contributed by atoms with van der Waals surface area (Å²) in [6, 6.07) is 41.5. The number of para-hydroxylation sites is 1. The fourth-order valence-electron chi connectivity index (χ4n) is 7.91. The number of hydrogen-bond acceptors (Lipinski definition) is 3. The molecule has 4 nitrogen and oxygen atoms in total. The Kier molecular flexibility index (Phi) is 7.02. The van der Waals surface area contributed by atoms with Crippen molar-refractivity contribution in [2.24, 2.45) is 4.90 Å². The number of allylic oxidation sites excluding steroid dienone is 1. The van der Waals surface area contributed by atoms with E-state index in [1.165, 1.54) is 55.4 Å². The quantitative estimate of drug-likeness (QED) is 0.176. The van der Waals surface area contributed by atoms with Gasteiger partial charge < -0.3 is 14.2 Å². The Bertz CT molecular complexity index is 2580. The van der Waals surface area contributed by atoms with Crippen LogP contribution < -0.4 is 10.2 Å². The summed E-state index contributed by atoms with van der Waals surface area (Å²) < 4.78 is 9.36. The number of aromatic nitrogens is 2. The van der Waals surface area contributed by atoms with Crippen molar-refractivity contribution in [1.82, 2.24) is 9.55 Å². The Hall–Kier alpha value is -5.68. The topological polar surface area (TPSA) is 39.4 Å². The third-order valence-electron chi connectivity index (χ3n) is 10.4. The molecule has 0 atom stereocenters. The van der Waals surface area contributed by atoms with Gasteiger partial charge in [0.25, 0.3) is 0 Å². The Morgan fingerprint density at radius 2 is 1.43 bits per heavy atom. The molecule has 51 heavy (non-hydrogen) atoms. The number of hydrogen-bond donors (Lipinski definition) is 0. The van der Waals surface area contributed by atoms with Gasteiger partial charge in [0, 0.05) is 28.7 Å². The maximum absolute atomic E-state index is 6.89. The van der Waals surface area contributed by atoms with Gasteiger partial charge in [-0.25, -0.2) is 0 Å². The van der Waals surface area contributed by atoms with Crippen LogP contribution in [0.1, 0.15) is 58.2 Å². The average Bonchev–Trinajstić information content (AvgIpc) is 3.71. The van der Waals surface area contributed by atoms with Crippen molar-refractivity contribution in [2.75, 3.05) is 0 Å². The highest BCUT2D eigenvalue weighted by molar-refractivity contribution is 6.92. The zero-order chi connectivity index (χ0) is 35.1. The zero-order valence-corrected chi connectivity index (χ0v) is 30.0. The third-order valence-corrected chi connectivity index (χ3v) is 10.4. The highest BCUT2D eigenvalue weighted by Gasteiger charge is 2.35. The lowest BCUT2D eigenvalue weighted by atomic mass is 9.50. The van der Waals surface area contributed by atoms with E-state index in [0.717, 1.165) is 33.6 Å². The highest BCUT2D eigenvalue weighted by atomic mass is 16.5. The van der Waals surface area contributed by atoms with Crippen LogP contribution >= 0.6 is 0 Å². The van der Waals surface area contributed by atoms with Crippen LogP contribution in [0.15, 0.2) is 132 Å². The van der Waals surface area contributed by atoms with Gasteiger partial charge in [-0.15, -0.1) is 0 Å². The molecule has 0 amide bonds. The summed E-state index contributed by atoms with van der Waals surface area (Å²) in [5.74, 6) is 1.59. The second kappa shape index (κ2) is 11.4. The first kappa shape index (κ1) is 31.3. The third kappa shape index (κ3) is 5.22. The van der Waals surface area contributed by atoms with E-state index in [-0.39, 0.29) is 17.7 Å². The van der Waals surface area contributed by atoms with Gasteiger partial charge in [-0.05, 0) is 110 Å². The van der Waals surface area contributed by atoms with Gasteiger partial charge in [-0.2, -0.15) is 0 Å². The van der Waals surface area contributed by atoms with Gasteiger partial charge in [0.05, 0.1) is 22.4 Å². The maximum atomic E-state index is 6.89. The van der Waals surface area contributed by atoms with E-state index in [2.05, 4.69) is 160 Å². The van der Waals surface area contributed by atoms with Gasteiger partial charge in [0.15, 0.2) is 0 Å². The minimum absolute atomic E-state index is 0.0114. The summed E-state index contributed by atoms with van der Waals surface area (Å²) in [6.45, 7) is 13.4. The van der Waals surface area contributed by atoms with E-state index in [1.807, 2.05) is 24.5 Å². The van der Waals surface area contributed by atoms with Crippen LogP contribution in [0, 0.1) is 0 Å². The molecule has 0 aliphatic carbocycles. The van der Waals surface area contributed by atoms with Crippen LogP contribution in [-0.4, -0.2) is 22.6 Å². The Balaban J connectivity index is 1.27. The smallest absolute Gasteiger partial charge is 0.347 e. The van der Waals surface area contributed by atoms with E-state index in [4.69, 9.17) is 9.64 Å².